The van der Waals surface area contributed by atoms with Gasteiger partial charge in [0, 0.05) is 18.8 Å². The van der Waals surface area contributed by atoms with E-state index in [0.717, 1.165) is 36.2 Å². The third-order valence-corrected chi connectivity index (χ3v) is 4.37. The molecule has 1 amide bonds. The van der Waals surface area contributed by atoms with Crippen LogP contribution in [0.5, 0.6) is 0 Å². The molecular weight excluding hydrogens is 386 g/mol. The number of rotatable bonds is 9. The fourth-order valence-corrected chi connectivity index (χ4v) is 3.00. The van der Waals surface area contributed by atoms with Gasteiger partial charge >= 0.3 is 0 Å². The van der Waals surface area contributed by atoms with Crippen molar-refractivity contribution in [3.63, 3.8) is 0 Å². The van der Waals surface area contributed by atoms with E-state index in [9.17, 15) is 4.79 Å². The number of benzene rings is 1. The van der Waals surface area contributed by atoms with E-state index < -0.39 is 5.91 Å². The van der Waals surface area contributed by atoms with Gasteiger partial charge < -0.3 is 10.6 Å². The second-order valence-electron chi connectivity index (χ2n) is 6.69. The summed E-state index contributed by atoms with van der Waals surface area (Å²) >= 11 is 0. The molecule has 158 valence electrons. The molecule has 0 aliphatic heterocycles. The summed E-state index contributed by atoms with van der Waals surface area (Å²) in [5.41, 5.74) is 10.7. The molecule has 11 heteroatoms. The fraction of sp³-hybridized carbons (Fsp3) is 0.368. The van der Waals surface area contributed by atoms with Gasteiger partial charge in [-0.15, -0.1) is 5.10 Å². The number of nitrogens with zero attached hydrogens (tertiary/aromatic N) is 7. The molecule has 0 fully saturated rings. The SMILES string of the molecule is CCCN(CCC)c1ccc(/C=N/NC(=O)c2c(C)nnn2-c2nonc2N)cc1. The fourth-order valence-electron chi connectivity index (χ4n) is 3.00. The van der Waals surface area contributed by atoms with Crippen LogP contribution in [-0.2, 0) is 0 Å². The molecule has 0 aliphatic rings. The lowest BCUT2D eigenvalue weighted by atomic mass is 10.2. The van der Waals surface area contributed by atoms with E-state index in [0.29, 0.717) is 5.69 Å². The average molecular weight is 411 g/mol. The third-order valence-electron chi connectivity index (χ3n) is 4.37. The van der Waals surface area contributed by atoms with Crippen molar-refractivity contribution in [3.05, 3.63) is 41.2 Å². The molecule has 3 rings (SSSR count). The molecule has 0 saturated heterocycles. The van der Waals surface area contributed by atoms with E-state index >= 15 is 0 Å². The highest BCUT2D eigenvalue weighted by Gasteiger charge is 2.22. The first-order valence-corrected chi connectivity index (χ1v) is 9.74. The molecule has 0 atom stereocenters. The number of aromatic nitrogens is 5. The van der Waals surface area contributed by atoms with Crippen molar-refractivity contribution in [3.8, 4) is 5.82 Å². The second kappa shape index (κ2) is 9.63. The summed E-state index contributed by atoms with van der Waals surface area (Å²) in [4.78, 5) is 14.9. The Morgan fingerprint density at radius 2 is 1.93 bits per heavy atom. The van der Waals surface area contributed by atoms with Gasteiger partial charge in [0.15, 0.2) is 5.69 Å². The Labute approximate surface area is 173 Å². The number of anilines is 2. The van der Waals surface area contributed by atoms with E-state index in [4.69, 9.17) is 5.73 Å². The molecule has 1 aromatic carbocycles. The number of aryl methyl sites for hydroxylation is 1. The molecule has 0 spiro atoms. The Bertz CT molecular complexity index is 1000. The van der Waals surface area contributed by atoms with E-state index in [1.807, 2.05) is 12.1 Å². The van der Waals surface area contributed by atoms with Crippen LogP contribution in [0.4, 0.5) is 11.5 Å². The van der Waals surface area contributed by atoms with Crippen LogP contribution in [0.1, 0.15) is 48.4 Å². The van der Waals surface area contributed by atoms with Crippen LogP contribution in [0, 0.1) is 6.92 Å². The van der Waals surface area contributed by atoms with Gasteiger partial charge in [0.25, 0.3) is 5.91 Å². The van der Waals surface area contributed by atoms with Crippen molar-refractivity contribution < 1.29 is 9.42 Å². The number of amides is 1. The highest BCUT2D eigenvalue weighted by atomic mass is 16.6. The molecule has 11 nitrogen and oxygen atoms in total. The third kappa shape index (κ3) is 4.62. The molecule has 0 radical (unpaired) electrons. The Morgan fingerprint density at radius 3 is 2.53 bits per heavy atom. The van der Waals surface area contributed by atoms with Crippen LogP contribution in [0.3, 0.4) is 0 Å². The van der Waals surface area contributed by atoms with E-state index in [2.05, 4.69) is 66.7 Å². The van der Waals surface area contributed by atoms with Gasteiger partial charge in [-0.25, -0.2) is 10.1 Å². The predicted molar refractivity (Wildman–Crippen MR) is 113 cm³/mol. The van der Waals surface area contributed by atoms with Gasteiger partial charge in [0.2, 0.25) is 11.6 Å². The molecule has 0 unspecified atom stereocenters. The van der Waals surface area contributed by atoms with Crippen molar-refractivity contribution in [2.24, 2.45) is 5.10 Å². The van der Waals surface area contributed by atoms with Crippen LogP contribution in [0.15, 0.2) is 34.0 Å². The van der Waals surface area contributed by atoms with E-state index in [-0.39, 0.29) is 17.3 Å². The summed E-state index contributed by atoms with van der Waals surface area (Å²) in [6.45, 7) is 8.02. The number of hydrogen-bond donors (Lipinski definition) is 2. The molecule has 3 N–H and O–H groups in total. The van der Waals surface area contributed by atoms with Crippen molar-refractivity contribution in [2.45, 2.75) is 33.6 Å². The predicted octanol–water partition coefficient (Wildman–Crippen LogP) is 1.93. The number of nitrogens with two attached hydrogens (primary N) is 1. The zero-order valence-corrected chi connectivity index (χ0v) is 17.2. The molecule has 0 bridgehead atoms. The van der Waals surface area contributed by atoms with Crippen molar-refractivity contribution in [1.29, 1.82) is 0 Å². The van der Waals surface area contributed by atoms with Crippen LogP contribution in [0.25, 0.3) is 5.82 Å². The molecular formula is C19H25N9O2. The number of hydrogen-bond acceptors (Lipinski definition) is 9. The monoisotopic (exact) mass is 411 g/mol. The highest BCUT2D eigenvalue weighted by Crippen LogP contribution is 2.16. The first-order chi connectivity index (χ1) is 14.5. The maximum absolute atomic E-state index is 12.6. The maximum atomic E-state index is 12.6. The first-order valence-electron chi connectivity index (χ1n) is 9.74. The molecule has 0 aliphatic carbocycles. The summed E-state index contributed by atoms with van der Waals surface area (Å²) in [6.07, 6.45) is 3.76. The topological polar surface area (TPSA) is 140 Å². The lowest BCUT2D eigenvalue weighted by molar-refractivity contribution is 0.0946. The van der Waals surface area contributed by atoms with Gasteiger partial charge in [-0.05, 0) is 47.8 Å². The Balaban J connectivity index is 1.68. The summed E-state index contributed by atoms with van der Waals surface area (Å²) in [5, 5.41) is 18.9. The number of hydrazone groups is 1. The minimum Gasteiger partial charge on any atom is -0.378 e. The van der Waals surface area contributed by atoms with E-state index in [1.54, 1.807) is 13.1 Å². The Kier molecular flexibility index (Phi) is 6.73. The molecule has 0 saturated carbocycles. The molecule has 30 heavy (non-hydrogen) atoms. The Hall–Kier alpha value is -3.76. The zero-order valence-electron chi connectivity index (χ0n) is 17.2. The minimum atomic E-state index is -0.509. The van der Waals surface area contributed by atoms with Gasteiger partial charge in [-0.3, -0.25) is 4.79 Å². The number of nitrogen functional groups attached to an aromatic ring is 1. The lowest BCUT2D eigenvalue weighted by Gasteiger charge is -2.23. The van der Waals surface area contributed by atoms with Gasteiger partial charge in [-0.1, -0.05) is 31.2 Å². The largest absolute Gasteiger partial charge is 0.378 e. The summed E-state index contributed by atoms with van der Waals surface area (Å²) in [5.74, 6) is -0.424. The van der Waals surface area contributed by atoms with Crippen LogP contribution < -0.4 is 16.1 Å². The van der Waals surface area contributed by atoms with Crippen molar-refractivity contribution in [2.75, 3.05) is 23.7 Å². The van der Waals surface area contributed by atoms with Gasteiger partial charge in [0.1, 0.15) is 0 Å². The van der Waals surface area contributed by atoms with Crippen LogP contribution in [-0.4, -0.2) is 50.5 Å². The van der Waals surface area contributed by atoms with Crippen molar-refractivity contribution >= 4 is 23.6 Å². The number of nitrogens with one attached hydrogen (secondary N) is 1. The maximum Gasteiger partial charge on any atom is 0.292 e. The smallest absolute Gasteiger partial charge is 0.292 e. The quantitative estimate of drug-likeness (QED) is 0.402. The summed E-state index contributed by atoms with van der Waals surface area (Å²) in [6, 6.07) is 8.03. The molecule has 2 aromatic heterocycles. The average Bonchev–Trinajstić information content (AvgIpc) is 3.33. The summed E-state index contributed by atoms with van der Waals surface area (Å²) < 4.78 is 5.72. The second-order valence-corrected chi connectivity index (χ2v) is 6.69. The zero-order chi connectivity index (χ0) is 21.5. The van der Waals surface area contributed by atoms with Crippen LogP contribution in [0.2, 0.25) is 0 Å². The minimum absolute atomic E-state index is 0.00210. The van der Waals surface area contributed by atoms with Crippen LogP contribution >= 0.6 is 0 Å². The highest BCUT2D eigenvalue weighted by molar-refractivity contribution is 5.94. The molecule has 2 heterocycles. The first kappa shape index (κ1) is 21.0. The van der Waals surface area contributed by atoms with Gasteiger partial charge in [-0.2, -0.15) is 9.78 Å². The Morgan fingerprint density at radius 1 is 1.23 bits per heavy atom. The normalized spacial score (nSPS) is 11.2. The van der Waals surface area contributed by atoms with Crippen molar-refractivity contribution in [1.82, 2.24) is 30.7 Å². The molecule has 3 aromatic rings. The lowest BCUT2D eigenvalue weighted by Crippen LogP contribution is -2.24. The number of carbonyl (C=O) groups is 1. The standard InChI is InChI=1S/C19H25N9O2/c1-4-10-27(11-5-2)15-8-6-14(7-9-15)12-21-23-19(29)16-13(3)22-26-28(16)18-17(20)24-30-25-18/h6-9,12H,4-5,10-11H2,1-3H3,(H2,20,24)(H,23,29)/b21-12+. The van der Waals surface area contributed by atoms with Gasteiger partial charge in [0.05, 0.1) is 11.9 Å². The number of carbonyl (C=O) groups excluding carboxylic acids is 1. The van der Waals surface area contributed by atoms with E-state index in [1.165, 1.54) is 5.69 Å². The summed E-state index contributed by atoms with van der Waals surface area (Å²) in [7, 11) is 0.